The van der Waals surface area contributed by atoms with Gasteiger partial charge in [-0.05, 0) is 85.0 Å². The Morgan fingerprint density at radius 2 is 0.379 bits per heavy atom. The number of nitrogens with zero attached hydrogens (tertiary/aromatic N) is 2. The van der Waals surface area contributed by atoms with Crippen molar-refractivity contribution in [1.82, 2.24) is 9.80 Å². The molecule has 0 saturated carbocycles. The van der Waals surface area contributed by atoms with Crippen LogP contribution in [0.1, 0.15) is 444 Å². The van der Waals surface area contributed by atoms with E-state index in [-0.39, 0.29) is 0 Å². The summed E-state index contributed by atoms with van der Waals surface area (Å²) in [7, 11) is 2.95. The van der Waals surface area contributed by atoms with Crippen molar-refractivity contribution in [3.8, 4) is 5.75 Å². The number of unbranched alkanes of at least 4 members (excludes halogenated alkanes) is 60. The van der Waals surface area contributed by atoms with Crippen LogP contribution >= 0.6 is 0 Å². The topological polar surface area (TPSA) is 56.2 Å². The van der Waals surface area contributed by atoms with Gasteiger partial charge in [0, 0.05) is 0 Å². The summed E-state index contributed by atoms with van der Waals surface area (Å²) in [5, 5.41) is 16.8. The fraction of sp³-hybridized carbons (Fsp3) is 0.926. The normalized spacial score (nSPS) is 11.4. The van der Waals surface area contributed by atoms with Crippen molar-refractivity contribution in [2.45, 2.75) is 446 Å². The lowest BCUT2D eigenvalue weighted by atomic mass is 10.0. The lowest BCUT2D eigenvalue weighted by molar-refractivity contribution is 0.288. The minimum atomic E-state index is -1.74. The molecule has 87 heavy (non-hydrogen) atoms. The van der Waals surface area contributed by atoms with Gasteiger partial charge in [0.15, 0.2) is 0 Å². The van der Waals surface area contributed by atoms with Gasteiger partial charge >= 0.3 is 7.32 Å². The summed E-state index contributed by atoms with van der Waals surface area (Å²) >= 11 is 0. The number of hydrogen-bond donors (Lipinski definition) is 2. The molecule has 5 nitrogen and oxygen atoms in total. The molecule has 0 aliphatic rings. The molecule has 6 heteroatoms. The fourth-order valence-corrected chi connectivity index (χ4v) is 12.7. The molecule has 2 N–H and O–H groups in total. The van der Waals surface area contributed by atoms with Gasteiger partial charge in [-0.2, -0.15) is 0 Å². The van der Waals surface area contributed by atoms with E-state index in [2.05, 4.69) is 56.2 Å². The van der Waals surface area contributed by atoms with E-state index >= 15 is 0 Å². The van der Waals surface area contributed by atoms with E-state index in [4.69, 9.17) is 10.0 Å². The van der Waals surface area contributed by atoms with Crippen LogP contribution in [0.15, 0.2) is 24.3 Å². The van der Waals surface area contributed by atoms with E-state index in [1.165, 1.54) is 437 Å². The van der Waals surface area contributed by atoms with Crippen LogP contribution in [0.4, 0.5) is 0 Å². The molecule has 0 heterocycles. The van der Waals surface area contributed by atoms with Crippen LogP contribution < -0.4 is 4.65 Å². The minimum absolute atomic E-state index is 0.450. The molecular formula is C81H163BN2O3. The highest BCUT2D eigenvalue weighted by Gasteiger charge is 2.10. The molecule has 0 bridgehead atoms. The zero-order valence-electron chi connectivity index (χ0n) is 61.2. The third-order valence-corrected chi connectivity index (χ3v) is 18.8. The number of benzene rings is 1. The van der Waals surface area contributed by atoms with Crippen molar-refractivity contribution < 1.29 is 14.7 Å². The first-order valence-corrected chi connectivity index (χ1v) is 40.3. The lowest BCUT2D eigenvalue weighted by Crippen LogP contribution is -2.20. The molecule has 0 aliphatic heterocycles. The Bertz CT molecular complexity index is 1180. The first-order valence-electron chi connectivity index (χ1n) is 40.3. The van der Waals surface area contributed by atoms with Crippen molar-refractivity contribution in [1.29, 1.82) is 0 Å². The van der Waals surface area contributed by atoms with Gasteiger partial charge in [0.25, 0.3) is 0 Å². The molecule has 0 aromatic heterocycles. The summed E-state index contributed by atoms with van der Waals surface area (Å²) in [5.74, 6) is 0.450. The molecule has 0 atom stereocenters. The molecule has 518 valence electrons. The van der Waals surface area contributed by atoms with Crippen LogP contribution in [-0.4, -0.2) is 67.4 Å². The number of rotatable bonds is 70. The third kappa shape index (κ3) is 81.0. The average Bonchev–Trinajstić information content (AvgIpc) is 3.55. The molecule has 0 aliphatic carbocycles. The summed E-state index contributed by atoms with van der Waals surface area (Å²) in [5.41, 5.74) is 1.10. The Morgan fingerprint density at radius 1 is 0.241 bits per heavy atom. The van der Waals surface area contributed by atoms with Gasteiger partial charge < -0.3 is 24.5 Å². The first kappa shape index (κ1) is 88.0. The molecular weight excluding hydrogens is 1060 g/mol. The van der Waals surface area contributed by atoms with E-state index in [0.717, 1.165) is 5.56 Å². The van der Waals surface area contributed by atoms with Crippen molar-refractivity contribution in [2.75, 3.05) is 40.3 Å². The van der Waals surface area contributed by atoms with Crippen molar-refractivity contribution in [3.05, 3.63) is 29.8 Å². The van der Waals surface area contributed by atoms with Crippen molar-refractivity contribution in [2.24, 2.45) is 0 Å². The minimum Gasteiger partial charge on any atom is -0.512 e. The maximum atomic E-state index is 8.41. The van der Waals surface area contributed by atoms with Crippen LogP contribution in [0, 0.1) is 6.92 Å². The smallest absolute Gasteiger partial charge is 0.512 e. The molecule has 0 amide bonds. The molecule has 0 fully saturated rings. The largest absolute Gasteiger partial charge is 0.707 e. The molecule has 0 unspecified atom stereocenters. The Labute approximate surface area is 550 Å². The van der Waals surface area contributed by atoms with E-state index in [9.17, 15) is 0 Å². The molecule has 0 saturated heterocycles. The summed E-state index contributed by atoms with van der Waals surface area (Å²) in [6.07, 6.45) is 93.6. The van der Waals surface area contributed by atoms with Crippen LogP contribution in [0.5, 0.6) is 5.75 Å². The monoisotopic (exact) mass is 1220 g/mol. The summed E-state index contributed by atoms with van der Waals surface area (Å²) in [6.45, 7) is 16.4. The van der Waals surface area contributed by atoms with Gasteiger partial charge in [0.2, 0.25) is 0 Å². The summed E-state index contributed by atoms with van der Waals surface area (Å²) < 4.78 is 4.58. The lowest BCUT2D eigenvalue weighted by Gasteiger charge is -2.16. The Hall–Kier alpha value is -1.08. The average molecular weight is 1220 g/mol. The molecule has 0 radical (unpaired) electrons. The van der Waals surface area contributed by atoms with E-state index in [1.54, 1.807) is 12.1 Å². The van der Waals surface area contributed by atoms with Crippen molar-refractivity contribution in [3.63, 3.8) is 0 Å². The van der Waals surface area contributed by atoms with Gasteiger partial charge in [-0.3, -0.25) is 0 Å². The zero-order chi connectivity index (χ0) is 63.5. The van der Waals surface area contributed by atoms with E-state index in [1.807, 2.05) is 19.1 Å². The van der Waals surface area contributed by atoms with E-state index in [0.29, 0.717) is 5.75 Å². The van der Waals surface area contributed by atoms with Crippen LogP contribution in [0.3, 0.4) is 0 Å². The summed E-state index contributed by atoms with van der Waals surface area (Å²) in [4.78, 5) is 5.18. The first-order chi connectivity index (χ1) is 42.8. The Balaban J connectivity index is 0. The van der Waals surface area contributed by atoms with Gasteiger partial charge in [0.05, 0.1) is 0 Å². The molecule has 1 aromatic carbocycles. The second-order valence-electron chi connectivity index (χ2n) is 28.1. The SMILES string of the molecule is CCCCCCCCCCCCCCCCCCN(C)CCCCCCCCCCCCCCCCCC.CCCCCCCCCCCCCCCCCCN(C)CCCCCCCCCCCCCCCCCC.Cc1ccc(OB(O)O)cc1. The second kappa shape index (κ2) is 79.2. The van der Waals surface area contributed by atoms with Crippen LogP contribution in [0.2, 0.25) is 0 Å². The highest BCUT2D eigenvalue weighted by Crippen LogP contribution is 2.19. The fourth-order valence-electron chi connectivity index (χ4n) is 12.7. The Kier molecular flexibility index (Phi) is 80.1. The maximum Gasteiger partial charge on any atom is 0.707 e. The maximum absolute atomic E-state index is 8.41. The van der Waals surface area contributed by atoms with Gasteiger partial charge in [-0.15, -0.1) is 0 Å². The molecule has 1 rings (SSSR count). The highest BCUT2D eigenvalue weighted by atomic mass is 16.6. The van der Waals surface area contributed by atoms with Gasteiger partial charge in [-0.25, -0.2) is 0 Å². The highest BCUT2D eigenvalue weighted by molar-refractivity contribution is 6.33. The quantitative estimate of drug-likeness (QED) is 0.0503. The van der Waals surface area contributed by atoms with Crippen LogP contribution in [0.25, 0.3) is 0 Å². The molecule has 0 spiro atoms. The van der Waals surface area contributed by atoms with Crippen molar-refractivity contribution >= 4 is 7.32 Å². The molecule has 1 aromatic rings. The summed E-state index contributed by atoms with van der Waals surface area (Å²) in [6, 6.07) is 7.01. The van der Waals surface area contributed by atoms with Crippen LogP contribution in [-0.2, 0) is 0 Å². The standard InChI is InChI=1S/2C37H77N.C7H9BO3/c2*1-4-6-8-10-12-14-16-18-20-22-24-26-28-30-32-34-36-38(3)37-35-33-31-29-27-25-23-21-19-17-15-13-11-9-7-5-2;1-6-2-4-7(5-3-6)11-8(9)10/h2*4-37H2,1-3H3;2-5,9-10H,1H3. The third-order valence-electron chi connectivity index (χ3n) is 18.8. The number of hydrogen-bond acceptors (Lipinski definition) is 5. The Morgan fingerprint density at radius 3 is 0.517 bits per heavy atom. The number of aryl methyl sites for hydroxylation is 1. The second-order valence-corrected chi connectivity index (χ2v) is 28.1. The predicted octanol–water partition coefficient (Wildman–Crippen LogP) is 27.2. The van der Waals surface area contributed by atoms with E-state index < -0.39 is 7.32 Å². The predicted molar refractivity (Wildman–Crippen MR) is 395 cm³/mol. The zero-order valence-corrected chi connectivity index (χ0v) is 61.2. The van der Waals surface area contributed by atoms with Gasteiger partial charge in [-0.1, -0.05) is 431 Å². The van der Waals surface area contributed by atoms with Gasteiger partial charge in [0.1, 0.15) is 5.75 Å².